The Balaban J connectivity index is 0.000000439. The molecule has 1 atom stereocenters. The molecule has 0 radical (unpaired) electrons. The van der Waals surface area contributed by atoms with E-state index >= 15 is 0 Å². The van der Waals surface area contributed by atoms with Crippen LogP contribution in [0.25, 0.3) is 0 Å². The Morgan fingerprint density at radius 2 is 1.22 bits per heavy atom. The molecule has 2 saturated heterocycles. The molecule has 1 unspecified atom stereocenters. The second-order valence-corrected chi connectivity index (χ2v) is 8.66. The van der Waals surface area contributed by atoms with E-state index in [0.29, 0.717) is 19.3 Å². The van der Waals surface area contributed by atoms with Crippen LogP contribution < -0.4 is 22.1 Å². The number of aryl methyl sites for hydroxylation is 1. The topological polar surface area (TPSA) is 144 Å². The van der Waals surface area contributed by atoms with E-state index in [4.69, 9.17) is 11.5 Å². The molecule has 0 saturated carbocycles. The van der Waals surface area contributed by atoms with Gasteiger partial charge < -0.3 is 11.5 Å². The van der Waals surface area contributed by atoms with Gasteiger partial charge >= 0.3 is 0 Å². The van der Waals surface area contributed by atoms with Gasteiger partial charge in [-0.15, -0.1) is 0 Å². The normalized spacial score (nSPS) is 17.7. The molecule has 32 heavy (non-hydrogen) atoms. The van der Waals surface area contributed by atoms with Crippen LogP contribution in [0, 0.1) is 5.92 Å². The monoisotopic (exact) mass is 444 g/mol. The molecule has 2 aliphatic rings. The van der Waals surface area contributed by atoms with E-state index in [9.17, 15) is 19.2 Å². The Kier molecular flexibility index (Phi) is 10.7. The molecule has 0 bridgehead atoms. The van der Waals surface area contributed by atoms with Crippen molar-refractivity contribution in [3.63, 3.8) is 0 Å². The first-order chi connectivity index (χ1) is 15.3. The molecule has 4 amide bonds. The lowest BCUT2D eigenvalue weighted by Gasteiger charge is -2.06. The summed E-state index contributed by atoms with van der Waals surface area (Å²) in [5.74, 6) is -0.564. The number of nitrogens with two attached hydrogens (primary N) is 2. The third-order valence-corrected chi connectivity index (χ3v) is 5.73. The van der Waals surface area contributed by atoms with Crippen LogP contribution in [0.4, 0.5) is 11.4 Å². The van der Waals surface area contributed by atoms with E-state index in [1.165, 1.54) is 44.1 Å². The minimum atomic E-state index is -0.148. The molecule has 6 N–H and O–H groups in total. The summed E-state index contributed by atoms with van der Waals surface area (Å²) in [4.78, 5) is 42.8. The Labute approximate surface area is 189 Å². The highest BCUT2D eigenvalue weighted by molar-refractivity contribution is 6.03. The highest BCUT2D eigenvalue weighted by Gasteiger charge is 2.29. The van der Waals surface area contributed by atoms with Crippen LogP contribution in [-0.2, 0) is 25.6 Å². The second kappa shape index (κ2) is 13.5. The van der Waals surface area contributed by atoms with Gasteiger partial charge in [-0.25, -0.2) is 0 Å². The third kappa shape index (κ3) is 9.94. The summed E-state index contributed by atoms with van der Waals surface area (Å²) in [6, 6.07) is 5.81. The minimum Gasteiger partial charge on any atom is -0.399 e. The van der Waals surface area contributed by atoms with Crippen molar-refractivity contribution in [1.29, 1.82) is 0 Å². The Hall–Kier alpha value is -2.90. The van der Waals surface area contributed by atoms with Gasteiger partial charge in [0, 0.05) is 36.6 Å². The summed E-state index contributed by atoms with van der Waals surface area (Å²) in [5, 5.41) is 4.51. The number of hydrogen-bond acceptors (Lipinski definition) is 6. The minimum absolute atomic E-state index is 0.0754. The van der Waals surface area contributed by atoms with Crippen LogP contribution in [0.2, 0.25) is 0 Å². The average molecular weight is 445 g/mol. The first-order valence-corrected chi connectivity index (χ1v) is 11.6. The molecular weight excluding hydrogens is 408 g/mol. The number of amides is 4. The molecule has 2 aliphatic heterocycles. The fourth-order valence-corrected chi connectivity index (χ4v) is 4.02. The summed E-state index contributed by atoms with van der Waals surface area (Å²) in [6.45, 7) is 0. The Morgan fingerprint density at radius 1 is 0.688 bits per heavy atom. The fourth-order valence-electron chi connectivity index (χ4n) is 4.02. The standard InChI is InChI=1S/C20H31N3O2.C4H5NO2/c21-17-11-15(12-18(22)14-17)9-7-5-3-1-2-4-6-8-10-16-13-19(24)23-20(16)25;6-3-1-2-4(7)5-3/h11-12,14,16H,1-10,13,21-22H2,(H,23,24,25);1-2H2,(H,5,6,7). The van der Waals surface area contributed by atoms with Gasteiger partial charge in [0.25, 0.3) is 0 Å². The van der Waals surface area contributed by atoms with E-state index in [0.717, 1.165) is 37.1 Å². The Morgan fingerprint density at radius 3 is 1.69 bits per heavy atom. The number of carbonyl (C=O) groups is 4. The van der Waals surface area contributed by atoms with Crippen molar-refractivity contribution in [2.24, 2.45) is 5.92 Å². The van der Waals surface area contributed by atoms with Crippen LogP contribution in [0.5, 0.6) is 0 Å². The lowest BCUT2D eigenvalue weighted by Crippen LogP contribution is -2.21. The molecule has 2 fully saturated rings. The van der Waals surface area contributed by atoms with E-state index in [-0.39, 0.29) is 29.5 Å². The molecule has 0 aromatic heterocycles. The number of anilines is 2. The molecule has 1 aromatic carbocycles. The van der Waals surface area contributed by atoms with Crippen molar-refractivity contribution in [2.45, 2.75) is 83.5 Å². The number of rotatable bonds is 11. The number of nitrogen functional groups attached to an aromatic ring is 2. The predicted molar refractivity (Wildman–Crippen MR) is 124 cm³/mol. The van der Waals surface area contributed by atoms with Crippen molar-refractivity contribution >= 4 is 35.0 Å². The zero-order chi connectivity index (χ0) is 23.3. The van der Waals surface area contributed by atoms with Crippen LogP contribution >= 0.6 is 0 Å². The van der Waals surface area contributed by atoms with Gasteiger partial charge in [0.15, 0.2) is 0 Å². The van der Waals surface area contributed by atoms with Crippen molar-refractivity contribution in [3.05, 3.63) is 23.8 Å². The number of imide groups is 2. The molecule has 0 aliphatic carbocycles. The highest BCUT2D eigenvalue weighted by atomic mass is 16.2. The zero-order valence-electron chi connectivity index (χ0n) is 18.8. The number of hydrogen-bond donors (Lipinski definition) is 4. The van der Waals surface area contributed by atoms with Gasteiger partial charge in [0.2, 0.25) is 23.6 Å². The molecule has 1 aromatic rings. The molecule has 8 heteroatoms. The molecular formula is C24H36N4O4. The van der Waals surface area contributed by atoms with E-state index in [2.05, 4.69) is 10.6 Å². The molecule has 0 spiro atoms. The third-order valence-electron chi connectivity index (χ3n) is 5.73. The molecule has 176 valence electrons. The summed E-state index contributed by atoms with van der Waals surface area (Å²) < 4.78 is 0. The van der Waals surface area contributed by atoms with Crippen LogP contribution in [0.15, 0.2) is 18.2 Å². The van der Waals surface area contributed by atoms with E-state index < -0.39 is 0 Å². The SMILES string of the molecule is Nc1cc(N)cc(CCCCCCCCCCC2CC(=O)NC2=O)c1.O=C1CCC(=O)N1. The summed E-state index contributed by atoms with van der Waals surface area (Å²) in [5.41, 5.74) is 14.3. The van der Waals surface area contributed by atoms with Crippen molar-refractivity contribution < 1.29 is 19.2 Å². The first kappa shape index (κ1) is 25.4. The maximum Gasteiger partial charge on any atom is 0.230 e. The largest absolute Gasteiger partial charge is 0.399 e. The molecule has 3 rings (SSSR count). The first-order valence-electron chi connectivity index (χ1n) is 11.6. The number of nitrogens with one attached hydrogen (secondary N) is 2. The summed E-state index contributed by atoms with van der Waals surface area (Å²) in [6.07, 6.45) is 12.6. The maximum atomic E-state index is 11.4. The highest BCUT2D eigenvalue weighted by Crippen LogP contribution is 2.20. The predicted octanol–water partition coefficient (Wildman–Crippen LogP) is 2.99. The van der Waals surface area contributed by atoms with Gasteiger partial charge in [-0.3, -0.25) is 29.8 Å². The quantitative estimate of drug-likeness (QED) is 0.235. The maximum absolute atomic E-state index is 11.4. The van der Waals surface area contributed by atoms with Crippen molar-refractivity contribution in [3.8, 4) is 0 Å². The average Bonchev–Trinajstić information content (AvgIpc) is 3.25. The molecule has 8 nitrogen and oxygen atoms in total. The molecule has 2 heterocycles. The van der Waals surface area contributed by atoms with Crippen molar-refractivity contribution in [2.75, 3.05) is 11.5 Å². The van der Waals surface area contributed by atoms with Crippen LogP contribution in [-0.4, -0.2) is 23.6 Å². The lowest BCUT2D eigenvalue weighted by atomic mass is 9.98. The van der Waals surface area contributed by atoms with E-state index in [1.54, 1.807) is 6.07 Å². The smallest absolute Gasteiger partial charge is 0.230 e. The van der Waals surface area contributed by atoms with Crippen LogP contribution in [0.3, 0.4) is 0 Å². The van der Waals surface area contributed by atoms with E-state index in [1.807, 2.05) is 12.1 Å². The fraction of sp³-hybridized carbons (Fsp3) is 0.583. The number of unbranched alkanes of at least 4 members (excludes halogenated alkanes) is 7. The van der Waals surface area contributed by atoms with Gasteiger partial charge in [-0.2, -0.15) is 0 Å². The van der Waals surface area contributed by atoms with Gasteiger partial charge in [0.1, 0.15) is 0 Å². The van der Waals surface area contributed by atoms with Gasteiger partial charge in [-0.1, -0.05) is 44.9 Å². The Bertz CT molecular complexity index is 775. The lowest BCUT2D eigenvalue weighted by molar-refractivity contribution is -0.127. The number of benzene rings is 1. The van der Waals surface area contributed by atoms with Crippen LogP contribution in [0.1, 0.15) is 82.6 Å². The van der Waals surface area contributed by atoms with Gasteiger partial charge in [0.05, 0.1) is 0 Å². The zero-order valence-corrected chi connectivity index (χ0v) is 18.8. The van der Waals surface area contributed by atoms with Crippen molar-refractivity contribution in [1.82, 2.24) is 10.6 Å². The number of carbonyl (C=O) groups excluding carboxylic acids is 4. The second-order valence-electron chi connectivity index (χ2n) is 8.66. The summed E-state index contributed by atoms with van der Waals surface area (Å²) in [7, 11) is 0. The summed E-state index contributed by atoms with van der Waals surface area (Å²) >= 11 is 0. The van der Waals surface area contributed by atoms with Gasteiger partial charge in [-0.05, 0) is 43.0 Å².